The number of aromatic nitrogens is 5. The van der Waals surface area contributed by atoms with Gasteiger partial charge < -0.3 is 16.6 Å². The molecular weight excluding hydrogens is 538 g/mol. The van der Waals surface area contributed by atoms with Crippen LogP contribution in [0.4, 0.5) is 8.78 Å². The Morgan fingerprint density at radius 3 is 2.62 bits per heavy atom. The van der Waals surface area contributed by atoms with Crippen molar-refractivity contribution in [3.8, 4) is 10.4 Å². The molecule has 3 heterocycles. The first kappa shape index (κ1) is 27.2. The summed E-state index contributed by atoms with van der Waals surface area (Å²) in [5.41, 5.74) is 11.0. The Kier molecular flexibility index (Phi) is 7.52. The van der Waals surface area contributed by atoms with E-state index < -0.39 is 28.8 Å². The van der Waals surface area contributed by atoms with Crippen LogP contribution in [0.25, 0.3) is 20.7 Å². The number of hydrogen-bond acceptors (Lipinski definition) is 8. The topological polar surface area (TPSA) is 150 Å². The van der Waals surface area contributed by atoms with Gasteiger partial charge in [0.2, 0.25) is 0 Å². The summed E-state index contributed by atoms with van der Waals surface area (Å²) in [4.78, 5) is 27.0. The molecule has 0 aliphatic rings. The van der Waals surface area contributed by atoms with Crippen LogP contribution in [-0.4, -0.2) is 48.3 Å². The lowest BCUT2D eigenvalue weighted by atomic mass is 9.86. The lowest BCUT2D eigenvalue weighted by molar-refractivity contribution is -0.0343. The smallest absolute Gasteiger partial charge is 0.271 e. The Bertz CT molecular complexity index is 1730. The number of nitrogens with zero attached hydrogens (tertiary/aromatic N) is 6. The molecule has 5 aromatic rings. The van der Waals surface area contributed by atoms with Gasteiger partial charge in [0.1, 0.15) is 40.4 Å². The maximum absolute atomic E-state index is 15.0. The molecule has 0 amide bonds. The molecule has 0 saturated carbocycles. The summed E-state index contributed by atoms with van der Waals surface area (Å²) in [7, 11) is 0. The minimum Gasteiger partial charge on any atom is -0.384 e. The van der Waals surface area contributed by atoms with Gasteiger partial charge in [0, 0.05) is 28.6 Å². The largest absolute Gasteiger partial charge is 0.384 e. The minimum atomic E-state index is -2.01. The first-order chi connectivity index (χ1) is 19.2. The number of rotatable bonds is 9. The molecule has 0 saturated heterocycles. The molecule has 0 spiro atoms. The van der Waals surface area contributed by atoms with E-state index in [1.165, 1.54) is 39.6 Å². The van der Waals surface area contributed by atoms with Crippen LogP contribution >= 0.6 is 11.3 Å². The van der Waals surface area contributed by atoms with Crippen LogP contribution in [0.1, 0.15) is 24.1 Å². The number of benzene rings is 2. The third-order valence-corrected chi connectivity index (χ3v) is 7.88. The first-order valence-electron chi connectivity index (χ1n) is 12.3. The average molecular weight is 565 g/mol. The highest BCUT2D eigenvalue weighted by atomic mass is 32.1. The fraction of sp³-hybridized carbons (Fsp3) is 0.222. The quantitative estimate of drug-likeness (QED) is 0.184. The van der Waals surface area contributed by atoms with E-state index in [4.69, 9.17) is 11.5 Å². The number of thiophene rings is 1. The van der Waals surface area contributed by atoms with Crippen molar-refractivity contribution in [2.75, 3.05) is 13.1 Å². The van der Waals surface area contributed by atoms with Crippen LogP contribution in [0.2, 0.25) is 0 Å². The minimum absolute atomic E-state index is 0.190. The number of nitrogens with two attached hydrogens (primary N) is 2. The summed E-state index contributed by atoms with van der Waals surface area (Å²) in [5.74, 6) is -1.35. The standard InChI is InChI=1S/C27H26F2N8O2S/c1-16(27(39,12-36-14-32-13-35-36)20-7-6-19(28)10-21(20)29)37-15-34-22-11-23(40-24(22)26(37)38)17-2-4-18(5-3-17)25(31)33-9-8-30/h2-7,10-11,13-16,39H,8-9,12,30H2,1H3,(H2,31,33). The lowest BCUT2D eigenvalue weighted by Gasteiger charge is -2.35. The summed E-state index contributed by atoms with van der Waals surface area (Å²) >= 11 is 1.25. The number of amidine groups is 1. The second-order valence-electron chi connectivity index (χ2n) is 9.23. The summed E-state index contributed by atoms with van der Waals surface area (Å²) in [6, 6.07) is 11.1. The highest BCUT2D eigenvalue weighted by Crippen LogP contribution is 2.37. The van der Waals surface area contributed by atoms with Gasteiger partial charge in [-0.05, 0) is 24.6 Å². The normalized spacial score (nSPS) is 14.4. The maximum Gasteiger partial charge on any atom is 0.271 e. The third-order valence-electron chi connectivity index (χ3n) is 6.71. The van der Waals surface area contributed by atoms with Crippen molar-refractivity contribution in [3.63, 3.8) is 0 Å². The molecular formula is C27H26F2N8O2S. The van der Waals surface area contributed by atoms with Gasteiger partial charge in [-0.1, -0.05) is 30.3 Å². The summed E-state index contributed by atoms with van der Waals surface area (Å²) < 4.78 is 31.6. The van der Waals surface area contributed by atoms with Crippen molar-refractivity contribution in [1.29, 1.82) is 0 Å². The van der Waals surface area contributed by atoms with E-state index in [1.807, 2.05) is 24.3 Å². The third kappa shape index (κ3) is 5.13. The van der Waals surface area contributed by atoms with E-state index in [2.05, 4.69) is 20.1 Å². The second kappa shape index (κ2) is 11.0. The van der Waals surface area contributed by atoms with Crippen LogP contribution in [-0.2, 0) is 12.1 Å². The lowest BCUT2D eigenvalue weighted by Crippen LogP contribution is -2.43. The zero-order valence-corrected chi connectivity index (χ0v) is 22.2. The molecule has 0 fully saturated rings. The van der Waals surface area contributed by atoms with Crippen LogP contribution in [0.5, 0.6) is 0 Å². The van der Waals surface area contributed by atoms with Gasteiger partial charge in [0.15, 0.2) is 0 Å². The van der Waals surface area contributed by atoms with Crippen molar-refractivity contribution in [2.24, 2.45) is 16.5 Å². The van der Waals surface area contributed by atoms with Crippen LogP contribution in [0, 0.1) is 11.6 Å². The summed E-state index contributed by atoms with van der Waals surface area (Å²) in [5, 5.41) is 15.9. The van der Waals surface area contributed by atoms with Gasteiger partial charge in [-0.15, -0.1) is 11.3 Å². The molecule has 0 radical (unpaired) electrons. The van der Waals surface area contributed by atoms with Crippen molar-refractivity contribution in [3.05, 3.63) is 101 Å². The van der Waals surface area contributed by atoms with E-state index in [0.717, 1.165) is 28.1 Å². The molecule has 5 rings (SSSR count). The van der Waals surface area contributed by atoms with E-state index >= 15 is 0 Å². The molecule has 206 valence electrons. The van der Waals surface area contributed by atoms with Crippen LogP contribution in [0.3, 0.4) is 0 Å². The van der Waals surface area contributed by atoms with E-state index in [-0.39, 0.29) is 12.1 Å². The zero-order chi connectivity index (χ0) is 28.4. The Morgan fingerprint density at radius 1 is 1.18 bits per heavy atom. The predicted octanol–water partition coefficient (Wildman–Crippen LogP) is 2.81. The molecule has 0 aliphatic carbocycles. The van der Waals surface area contributed by atoms with E-state index in [1.54, 1.807) is 13.0 Å². The molecule has 0 aliphatic heterocycles. The summed E-state index contributed by atoms with van der Waals surface area (Å²) in [6.45, 7) is 2.15. The van der Waals surface area contributed by atoms with Gasteiger partial charge >= 0.3 is 0 Å². The highest BCUT2D eigenvalue weighted by Gasteiger charge is 2.41. The molecule has 40 heavy (non-hydrogen) atoms. The van der Waals surface area contributed by atoms with Crippen molar-refractivity contribution < 1.29 is 13.9 Å². The molecule has 2 unspecified atom stereocenters. The van der Waals surface area contributed by atoms with Crippen molar-refractivity contribution in [1.82, 2.24) is 24.3 Å². The Hall–Kier alpha value is -4.33. The number of halogens is 2. The first-order valence-corrected chi connectivity index (χ1v) is 13.1. The van der Waals surface area contributed by atoms with E-state index in [0.29, 0.717) is 35.2 Å². The van der Waals surface area contributed by atoms with Crippen molar-refractivity contribution in [2.45, 2.75) is 25.1 Å². The molecule has 13 heteroatoms. The average Bonchev–Trinajstić information content (AvgIpc) is 3.62. The zero-order valence-electron chi connectivity index (χ0n) is 21.4. The van der Waals surface area contributed by atoms with Gasteiger partial charge in [-0.3, -0.25) is 14.4 Å². The second-order valence-corrected chi connectivity index (χ2v) is 10.3. The number of hydrogen-bond donors (Lipinski definition) is 3. The van der Waals surface area contributed by atoms with E-state index in [9.17, 15) is 18.7 Å². The monoisotopic (exact) mass is 564 g/mol. The fourth-order valence-corrected chi connectivity index (χ4v) is 5.55. The molecule has 2 atom stereocenters. The maximum atomic E-state index is 15.0. The Morgan fingerprint density at radius 2 is 1.95 bits per heavy atom. The highest BCUT2D eigenvalue weighted by molar-refractivity contribution is 7.22. The van der Waals surface area contributed by atoms with Gasteiger partial charge in [0.25, 0.3) is 5.56 Å². The Balaban J connectivity index is 1.53. The SMILES string of the molecule is CC(n1cnc2cc(-c3ccc(C(N)=NCCN)cc3)sc2c1=O)C(O)(Cn1cncn1)c1ccc(F)cc1F. The van der Waals surface area contributed by atoms with Crippen LogP contribution in [0.15, 0.2) is 77.3 Å². The number of fused-ring (bicyclic) bond motifs is 1. The molecule has 10 nitrogen and oxygen atoms in total. The molecule has 5 N–H and O–H groups in total. The fourth-order valence-electron chi connectivity index (χ4n) is 4.50. The molecule has 0 bridgehead atoms. The van der Waals surface area contributed by atoms with Crippen LogP contribution < -0.4 is 17.0 Å². The Labute approximate surface area is 231 Å². The molecule has 2 aromatic carbocycles. The number of aliphatic hydroxyl groups is 1. The molecule has 3 aromatic heterocycles. The van der Waals surface area contributed by atoms with Gasteiger partial charge in [0.05, 0.1) is 31.0 Å². The predicted molar refractivity (Wildman–Crippen MR) is 149 cm³/mol. The number of aliphatic imine (C=N–C) groups is 1. The van der Waals surface area contributed by atoms with Gasteiger partial charge in [-0.25, -0.2) is 23.4 Å². The van der Waals surface area contributed by atoms with Gasteiger partial charge in [-0.2, -0.15) is 5.10 Å². The summed E-state index contributed by atoms with van der Waals surface area (Å²) in [6.07, 6.45) is 3.95. The van der Waals surface area contributed by atoms with Crippen molar-refractivity contribution >= 4 is 27.4 Å².